The van der Waals surface area contributed by atoms with Crippen LogP contribution < -0.4 is 5.32 Å². The largest absolute Gasteiger partial charge is 0.377 e. The van der Waals surface area contributed by atoms with Crippen molar-refractivity contribution in [3.8, 4) is 0 Å². The molecular formula is C19H33NO. The molecule has 120 valence electrons. The molecule has 21 heavy (non-hydrogen) atoms. The summed E-state index contributed by atoms with van der Waals surface area (Å²) in [7, 11) is 0. The summed E-state index contributed by atoms with van der Waals surface area (Å²) >= 11 is 0. The van der Waals surface area contributed by atoms with Gasteiger partial charge in [-0.1, -0.05) is 52.0 Å². The van der Waals surface area contributed by atoms with Crippen LogP contribution in [0.1, 0.15) is 64.6 Å². The van der Waals surface area contributed by atoms with Gasteiger partial charge in [0.15, 0.2) is 0 Å². The molecule has 0 spiro atoms. The van der Waals surface area contributed by atoms with Gasteiger partial charge in [0.25, 0.3) is 0 Å². The zero-order valence-corrected chi connectivity index (χ0v) is 14.5. The van der Waals surface area contributed by atoms with Crippen molar-refractivity contribution in [2.24, 2.45) is 5.92 Å². The fourth-order valence-corrected chi connectivity index (χ4v) is 2.81. The highest BCUT2D eigenvalue weighted by Gasteiger charge is 2.21. The Bertz CT molecular complexity index is 389. The normalized spacial score (nSPS) is 14.4. The quantitative estimate of drug-likeness (QED) is 0.672. The molecule has 0 aliphatic rings. The van der Waals surface area contributed by atoms with Crippen LogP contribution in [0.4, 0.5) is 0 Å². The maximum atomic E-state index is 5.96. The van der Waals surface area contributed by atoms with Crippen molar-refractivity contribution in [1.29, 1.82) is 0 Å². The van der Waals surface area contributed by atoms with E-state index in [4.69, 9.17) is 4.74 Å². The molecule has 0 aliphatic carbocycles. The molecule has 1 aromatic rings. The first kappa shape index (κ1) is 18.2. The Labute approximate surface area is 131 Å². The molecule has 0 heterocycles. The number of rotatable bonds is 10. The average molecular weight is 291 g/mol. The first-order chi connectivity index (χ1) is 10.1. The van der Waals surface area contributed by atoms with Gasteiger partial charge in [0.05, 0.1) is 12.1 Å². The van der Waals surface area contributed by atoms with E-state index in [9.17, 15) is 0 Å². The van der Waals surface area contributed by atoms with Crippen LogP contribution in [0.3, 0.4) is 0 Å². The van der Waals surface area contributed by atoms with Crippen LogP contribution in [0.5, 0.6) is 0 Å². The van der Waals surface area contributed by atoms with Crippen molar-refractivity contribution < 1.29 is 4.74 Å². The van der Waals surface area contributed by atoms with Crippen molar-refractivity contribution in [3.63, 3.8) is 0 Å². The third kappa shape index (κ3) is 6.19. The monoisotopic (exact) mass is 291 g/mol. The zero-order chi connectivity index (χ0) is 15.7. The molecular weight excluding hydrogens is 258 g/mol. The minimum Gasteiger partial charge on any atom is -0.377 e. The summed E-state index contributed by atoms with van der Waals surface area (Å²) in [6.07, 6.45) is 3.56. The second-order valence-electron chi connectivity index (χ2n) is 6.18. The molecule has 0 amide bonds. The summed E-state index contributed by atoms with van der Waals surface area (Å²) in [6.45, 7) is 12.8. The van der Waals surface area contributed by atoms with Crippen LogP contribution >= 0.6 is 0 Å². The van der Waals surface area contributed by atoms with Gasteiger partial charge in [0.2, 0.25) is 0 Å². The summed E-state index contributed by atoms with van der Waals surface area (Å²) in [5, 5.41) is 3.68. The van der Waals surface area contributed by atoms with Gasteiger partial charge < -0.3 is 10.1 Å². The van der Waals surface area contributed by atoms with Crippen molar-refractivity contribution in [1.82, 2.24) is 5.32 Å². The Morgan fingerprint density at radius 1 is 1.14 bits per heavy atom. The fourth-order valence-electron chi connectivity index (χ4n) is 2.81. The number of ether oxygens (including phenoxy) is 1. The van der Waals surface area contributed by atoms with Gasteiger partial charge >= 0.3 is 0 Å². The smallest absolute Gasteiger partial charge is 0.0766 e. The molecule has 2 nitrogen and oxygen atoms in total. The highest BCUT2D eigenvalue weighted by molar-refractivity contribution is 5.27. The Morgan fingerprint density at radius 2 is 1.90 bits per heavy atom. The highest BCUT2D eigenvalue weighted by atomic mass is 16.5. The summed E-state index contributed by atoms with van der Waals surface area (Å²) < 4.78 is 5.96. The van der Waals surface area contributed by atoms with E-state index in [1.807, 2.05) is 0 Å². The molecule has 2 heteroatoms. The predicted octanol–water partition coefficient (Wildman–Crippen LogP) is 4.74. The number of hydrogen-bond acceptors (Lipinski definition) is 2. The Morgan fingerprint density at radius 3 is 2.48 bits per heavy atom. The van der Waals surface area contributed by atoms with Crippen LogP contribution in [0, 0.1) is 5.92 Å². The minimum atomic E-state index is 0.246. The topological polar surface area (TPSA) is 21.3 Å². The van der Waals surface area contributed by atoms with E-state index in [1.165, 1.54) is 11.1 Å². The van der Waals surface area contributed by atoms with Crippen molar-refractivity contribution in [2.75, 3.05) is 13.2 Å². The maximum Gasteiger partial charge on any atom is 0.0766 e. The molecule has 2 unspecified atom stereocenters. The molecule has 0 radical (unpaired) electrons. The number of hydrogen-bond donors (Lipinski definition) is 1. The SMILES string of the molecule is CCCNC(c1cccc(CC(C)C)c1)C(CC)OCC. The lowest BCUT2D eigenvalue weighted by Gasteiger charge is -2.28. The lowest BCUT2D eigenvalue weighted by molar-refractivity contribution is 0.0314. The molecule has 1 aromatic carbocycles. The van der Waals surface area contributed by atoms with E-state index in [-0.39, 0.29) is 6.10 Å². The lowest BCUT2D eigenvalue weighted by Crippen LogP contribution is -2.34. The first-order valence-electron chi connectivity index (χ1n) is 8.56. The van der Waals surface area contributed by atoms with Gasteiger partial charge in [-0.05, 0) is 49.8 Å². The Hall–Kier alpha value is -0.860. The van der Waals surface area contributed by atoms with E-state index >= 15 is 0 Å². The van der Waals surface area contributed by atoms with Gasteiger partial charge in [-0.15, -0.1) is 0 Å². The molecule has 0 bridgehead atoms. The summed E-state index contributed by atoms with van der Waals surface area (Å²) in [5.74, 6) is 0.691. The molecule has 0 fully saturated rings. The van der Waals surface area contributed by atoms with Crippen molar-refractivity contribution >= 4 is 0 Å². The van der Waals surface area contributed by atoms with Crippen LogP contribution in [0.2, 0.25) is 0 Å². The second-order valence-corrected chi connectivity index (χ2v) is 6.18. The van der Waals surface area contributed by atoms with Crippen LogP contribution in [-0.2, 0) is 11.2 Å². The number of benzene rings is 1. The van der Waals surface area contributed by atoms with E-state index in [0.717, 1.165) is 32.4 Å². The minimum absolute atomic E-state index is 0.246. The zero-order valence-electron chi connectivity index (χ0n) is 14.5. The highest BCUT2D eigenvalue weighted by Crippen LogP contribution is 2.23. The molecule has 0 aromatic heterocycles. The third-order valence-corrected chi connectivity index (χ3v) is 3.72. The van der Waals surface area contributed by atoms with Crippen molar-refractivity contribution in [2.45, 2.75) is 66.0 Å². The Balaban J connectivity index is 2.95. The predicted molar refractivity (Wildman–Crippen MR) is 91.7 cm³/mol. The summed E-state index contributed by atoms with van der Waals surface area (Å²) in [6, 6.07) is 9.31. The summed E-state index contributed by atoms with van der Waals surface area (Å²) in [4.78, 5) is 0. The van der Waals surface area contributed by atoms with Crippen molar-refractivity contribution in [3.05, 3.63) is 35.4 Å². The molecule has 0 saturated heterocycles. The van der Waals surface area contributed by atoms with Gasteiger partial charge in [0.1, 0.15) is 0 Å². The fraction of sp³-hybridized carbons (Fsp3) is 0.684. The van der Waals surface area contributed by atoms with E-state index in [0.29, 0.717) is 12.0 Å². The molecule has 0 saturated carbocycles. The third-order valence-electron chi connectivity index (χ3n) is 3.72. The van der Waals surface area contributed by atoms with Gasteiger partial charge in [0, 0.05) is 6.61 Å². The van der Waals surface area contributed by atoms with E-state index in [1.54, 1.807) is 0 Å². The Kier molecular flexibility index (Phi) is 8.63. The van der Waals surface area contributed by atoms with Gasteiger partial charge in [-0.25, -0.2) is 0 Å². The molecule has 1 rings (SSSR count). The second kappa shape index (κ2) is 9.97. The van der Waals surface area contributed by atoms with Gasteiger partial charge in [-0.2, -0.15) is 0 Å². The van der Waals surface area contributed by atoms with E-state index in [2.05, 4.69) is 64.2 Å². The van der Waals surface area contributed by atoms with Crippen LogP contribution in [-0.4, -0.2) is 19.3 Å². The van der Waals surface area contributed by atoms with Crippen LogP contribution in [0.15, 0.2) is 24.3 Å². The average Bonchev–Trinajstić information content (AvgIpc) is 2.46. The van der Waals surface area contributed by atoms with Crippen LogP contribution in [0.25, 0.3) is 0 Å². The van der Waals surface area contributed by atoms with Gasteiger partial charge in [-0.3, -0.25) is 0 Å². The standard InChI is InChI=1S/C19H33NO/c1-6-12-20-19(18(7-2)21-8-3)17-11-9-10-16(14-17)13-15(4)5/h9-11,14-15,18-20H,6-8,12-13H2,1-5H3. The molecule has 1 N–H and O–H groups in total. The lowest BCUT2D eigenvalue weighted by atomic mass is 9.94. The summed E-state index contributed by atoms with van der Waals surface area (Å²) in [5.41, 5.74) is 2.79. The number of nitrogens with one attached hydrogen (secondary N) is 1. The maximum absolute atomic E-state index is 5.96. The first-order valence-corrected chi connectivity index (χ1v) is 8.56. The van der Waals surface area contributed by atoms with E-state index < -0.39 is 0 Å². The molecule has 2 atom stereocenters. The molecule has 0 aliphatic heterocycles.